The molecule has 0 spiro atoms. The lowest BCUT2D eigenvalue weighted by molar-refractivity contribution is 0.414. The number of rotatable bonds is 6. The minimum absolute atomic E-state index is 0.298. The van der Waals surface area contributed by atoms with E-state index in [0.717, 1.165) is 16.9 Å². The molecule has 0 aliphatic rings. The van der Waals surface area contributed by atoms with Gasteiger partial charge in [0, 0.05) is 32.5 Å². The largest absolute Gasteiger partial charge is 0.497 e. The zero-order valence-corrected chi connectivity index (χ0v) is 15.3. The number of halogens is 1. The van der Waals surface area contributed by atoms with E-state index in [9.17, 15) is 4.39 Å². The standard InChI is InChI=1S/C20H22FN5O/c1-22-20(24-12-15-3-6-17(27-2)7-4-15)25-13-16-5-8-19(18(21)11-16)26-10-9-23-14-26/h3-11,14H,12-13H2,1-2H3,(H2,22,24,25). The zero-order chi connectivity index (χ0) is 19.1. The van der Waals surface area contributed by atoms with E-state index in [1.54, 1.807) is 43.5 Å². The third kappa shape index (κ3) is 4.84. The van der Waals surface area contributed by atoms with E-state index < -0.39 is 0 Å². The molecule has 0 bridgehead atoms. The Bertz CT molecular complexity index is 891. The average molecular weight is 367 g/mol. The molecule has 0 aliphatic heterocycles. The number of hydrogen-bond acceptors (Lipinski definition) is 3. The Morgan fingerprint density at radius 1 is 1.11 bits per heavy atom. The summed E-state index contributed by atoms with van der Waals surface area (Å²) < 4.78 is 21.1. The highest BCUT2D eigenvalue weighted by molar-refractivity contribution is 5.79. The molecule has 3 aromatic rings. The van der Waals surface area contributed by atoms with E-state index >= 15 is 0 Å². The number of ether oxygens (including phenoxy) is 1. The maximum absolute atomic E-state index is 14.3. The van der Waals surface area contributed by atoms with Gasteiger partial charge in [0.2, 0.25) is 0 Å². The van der Waals surface area contributed by atoms with Gasteiger partial charge in [-0.25, -0.2) is 9.37 Å². The number of hydrogen-bond donors (Lipinski definition) is 2. The summed E-state index contributed by atoms with van der Waals surface area (Å²) in [7, 11) is 3.34. The third-order valence-corrected chi connectivity index (χ3v) is 4.10. The average Bonchev–Trinajstić information content (AvgIpc) is 3.23. The Morgan fingerprint density at radius 3 is 2.41 bits per heavy atom. The summed E-state index contributed by atoms with van der Waals surface area (Å²) in [6.07, 6.45) is 4.90. The summed E-state index contributed by atoms with van der Waals surface area (Å²) in [5, 5.41) is 6.42. The van der Waals surface area contributed by atoms with Crippen LogP contribution < -0.4 is 15.4 Å². The Labute approximate surface area is 157 Å². The SMILES string of the molecule is CN=C(NCc1ccc(OC)cc1)NCc1ccc(-n2ccnc2)c(F)c1. The van der Waals surface area contributed by atoms with E-state index in [1.165, 1.54) is 6.07 Å². The van der Waals surface area contributed by atoms with Gasteiger partial charge in [-0.05, 0) is 35.4 Å². The van der Waals surface area contributed by atoms with Gasteiger partial charge < -0.3 is 19.9 Å². The van der Waals surface area contributed by atoms with Crippen LogP contribution >= 0.6 is 0 Å². The van der Waals surface area contributed by atoms with Crippen molar-refractivity contribution in [3.63, 3.8) is 0 Å². The monoisotopic (exact) mass is 367 g/mol. The second-order valence-electron chi connectivity index (χ2n) is 5.88. The van der Waals surface area contributed by atoms with Gasteiger partial charge in [-0.1, -0.05) is 18.2 Å². The quantitative estimate of drug-likeness (QED) is 0.519. The molecule has 0 atom stereocenters. The zero-order valence-electron chi connectivity index (χ0n) is 15.3. The van der Waals surface area contributed by atoms with Crippen molar-refractivity contribution in [2.24, 2.45) is 4.99 Å². The van der Waals surface area contributed by atoms with E-state index in [-0.39, 0.29) is 5.82 Å². The van der Waals surface area contributed by atoms with Crippen LogP contribution in [0, 0.1) is 5.82 Å². The maximum atomic E-state index is 14.3. The van der Waals surface area contributed by atoms with Gasteiger partial charge in [0.15, 0.2) is 5.96 Å². The predicted octanol–water partition coefficient (Wildman–Crippen LogP) is 2.89. The number of benzene rings is 2. The number of nitrogens with zero attached hydrogens (tertiary/aromatic N) is 3. The van der Waals surface area contributed by atoms with Gasteiger partial charge in [-0.3, -0.25) is 4.99 Å². The summed E-state index contributed by atoms with van der Waals surface area (Å²) in [5.74, 6) is 1.17. The highest BCUT2D eigenvalue weighted by Crippen LogP contribution is 2.15. The van der Waals surface area contributed by atoms with Gasteiger partial charge in [-0.2, -0.15) is 0 Å². The molecular weight excluding hydrogens is 345 g/mol. The predicted molar refractivity (Wildman–Crippen MR) is 104 cm³/mol. The van der Waals surface area contributed by atoms with Crippen LogP contribution in [0.15, 0.2) is 66.2 Å². The van der Waals surface area contributed by atoms with Gasteiger partial charge >= 0.3 is 0 Å². The molecule has 0 amide bonds. The van der Waals surface area contributed by atoms with Crippen LogP contribution in [-0.4, -0.2) is 29.7 Å². The van der Waals surface area contributed by atoms with Crippen molar-refractivity contribution >= 4 is 5.96 Å². The lowest BCUT2D eigenvalue weighted by atomic mass is 10.2. The first kappa shape index (κ1) is 18.4. The third-order valence-electron chi connectivity index (χ3n) is 4.10. The first-order valence-corrected chi connectivity index (χ1v) is 8.54. The number of aliphatic imine (C=N–C) groups is 1. The van der Waals surface area contributed by atoms with Gasteiger partial charge in [0.25, 0.3) is 0 Å². The summed E-state index contributed by atoms with van der Waals surface area (Å²) in [4.78, 5) is 8.14. The van der Waals surface area contributed by atoms with Crippen LogP contribution in [0.5, 0.6) is 5.75 Å². The fourth-order valence-electron chi connectivity index (χ4n) is 2.61. The van der Waals surface area contributed by atoms with Crippen LogP contribution in [0.3, 0.4) is 0 Å². The minimum atomic E-state index is -0.298. The fourth-order valence-corrected chi connectivity index (χ4v) is 2.61. The molecule has 7 heteroatoms. The number of imidazole rings is 1. The van der Waals surface area contributed by atoms with Gasteiger partial charge in [-0.15, -0.1) is 0 Å². The first-order valence-electron chi connectivity index (χ1n) is 8.54. The summed E-state index contributed by atoms with van der Waals surface area (Å²) >= 11 is 0. The Hall–Kier alpha value is -3.35. The molecule has 1 heterocycles. The highest BCUT2D eigenvalue weighted by atomic mass is 19.1. The molecule has 140 valence electrons. The van der Waals surface area contributed by atoms with Crippen molar-refractivity contribution in [2.75, 3.05) is 14.2 Å². The van der Waals surface area contributed by atoms with Crippen molar-refractivity contribution in [1.82, 2.24) is 20.2 Å². The van der Waals surface area contributed by atoms with Crippen molar-refractivity contribution in [3.8, 4) is 11.4 Å². The molecule has 2 N–H and O–H groups in total. The number of aromatic nitrogens is 2. The van der Waals surface area contributed by atoms with Crippen LogP contribution in [0.2, 0.25) is 0 Å². The van der Waals surface area contributed by atoms with Crippen LogP contribution in [0.1, 0.15) is 11.1 Å². The first-order chi connectivity index (χ1) is 13.2. The molecule has 0 saturated heterocycles. The Morgan fingerprint density at radius 2 is 1.81 bits per heavy atom. The molecule has 0 saturated carbocycles. The Balaban J connectivity index is 1.55. The minimum Gasteiger partial charge on any atom is -0.497 e. The smallest absolute Gasteiger partial charge is 0.191 e. The molecule has 0 fully saturated rings. The lowest BCUT2D eigenvalue weighted by Gasteiger charge is -2.13. The molecule has 0 aliphatic carbocycles. The van der Waals surface area contributed by atoms with E-state index in [2.05, 4.69) is 20.6 Å². The maximum Gasteiger partial charge on any atom is 0.191 e. The van der Waals surface area contributed by atoms with Gasteiger partial charge in [0.05, 0.1) is 19.1 Å². The van der Waals surface area contributed by atoms with Crippen molar-refractivity contribution in [1.29, 1.82) is 0 Å². The molecule has 1 aromatic heterocycles. The number of methoxy groups -OCH3 is 1. The Kier molecular flexibility index (Phi) is 6.04. The highest BCUT2D eigenvalue weighted by Gasteiger charge is 2.06. The van der Waals surface area contributed by atoms with Crippen molar-refractivity contribution in [2.45, 2.75) is 13.1 Å². The summed E-state index contributed by atoms with van der Waals surface area (Å²) in [6.45, 7) is 1.08. The number of nitrogens with one attached hydrogen (secondary N) is 2. The van der Waals surface area contributed by atoms with Gasteiger partial charge in [0.1, 0.15) is 11.6 Å². The molecule has 27 heavy (non-hydrogen) atoms. The van der Waals surface area contributed by atoms with Crippen LogP contribution in [0.4, 0.5) is 4.39 Å². The van der Waals surface area contributed by atoms with E-state index in [1.807, 2.05) is 30.3 Å². The molecule has 0 radical (unpaired) electrons. The number of guanidine groups is 1. The molecule has 0 unspecified atom stereocenters. The second kappa shape index (κ2) is 8.84. The second-order valence-corrected chi connectivity index (χ2v) is 5.88. The summed E-state index contributed by atoms with van der Waals surface area (Å²) in [5.41, 5.74) is 2.40. The fraction of sp³-hybridized carbons (Fsp3) is 0.200. The molecule has 3 rings (SSSR count). The molecule has 6 nitrogen and oxygen atoms in total. The van der Waals surface area contributed by atoms with Crippen molar-refractivity contribution in [3.05, 3.63) is 78.1 Å². The molecular formula is C20H22FN5O. The van der Waals surface area contributed by atoms with Crippen LogP contribution in [-0.2, 0) is 13.1 Å². The lowest BCUT2D eigenvalue weighted by Crippen LogP contribution is -2.36. The normalized spacial score (nSPS) is 11.3. The summed E-state index contributed by atoms with van der Waals surface area (Å²) in [6, 6.07) is 12.9. The molecule has 2 aromatic carbocycles. The van der Waals surface area contributed by atoms with Crippen molar-refractivity contribution < 1.29 is 9.13 Å². The van der Waals surface area contributed by atoms with Crippen LogP contribution in [0.25, 0.3) is 5.69 Å². The van der Waals surface area contributed by atoms with E-state index in [0.29, 0.717) is 24.7 Å². The van der Waals surface area contributed by atoms with E-state index in [4.69, 9.17) is 4.74 Å². The topological polar surface area (TPSA) is 63.5 Å².